The molecule has 218 valence electrons. The van der Waals surface area contributed by atoms with E-state index in [4.69, 9.17) is 0 Å². The van der Waals surface area contributed by atoms with Gasteiger partial charge in [-0.3, -0.25) is 19.3 Å². The van der Waals surface area contributed by atoms with Crippen molar-refractivity contribution in [2.24, 2.45) is 0 Å². The first-order valence-corrected chi connectivity index (χ1v) is 15.7. The predicted molar refractivity (Wildman–Crippen MR) is 160 cm³/mol. The summed E-state index contributed by atoms with van der Waals surface area (Å²) in [6.45, 7) is -0.461. The number of rotatable bonds is 5. The van der Waals surface area contributed by atoms with Crippen molar-refractivity contribution in [1.29, 1.82) is 0 Å². The van der Waals surface area contributed by atoms with Crippen LogP contribution >= 0.6 is 0 Å². The van der Waals surface area contributed by atoms with E-state index in [1.807, 2.05) is 28.8 Å². The van der Waals surface area contributed by atoms with Gasteiger partial charge in [0.2, 0.25) is 0 Å². The molecule has 1 saturated carbocycles. The number of carboxylic acid groups (broad SMARTS) is 1. The highest BCUT2D eigenvalue weighted by Gasteiger charge is 2.42. The molecular formula is C33H42N4O4. The van der Waals surface area contributed by atoms with E-state index in [1.54, 1.807) is 12.1 Å². The molecule has 4 heterocycles. The monoisotopic (exact) mass is 558 g/mol. The molecule has 8 heteroatoms. The standard InChI is InChI=1S/C33H42N4O4/c38-30(39)22-35-19-11-16-27(32(35)40)31-33(41)37(29-18-9-8-17-28(29)34-31)26-20-24-14-10-15-25(21-26)36(24)23-12-6-4-2-1-3-5-7-13-23/h8-9,11,16-19,23-26H,1-7,10,12-15,20-22H2,(H,38,39)/t24-,25+,26+. The van der Waals surface area contributed by atoms with Crippen LogP contribution in [0.1, 0.15) is 95.9 Å². The summed E-state index contributed by atoms with van der Waals surface area (Å²) in [4.78, 5) is 46.4. The summed E-state index contributed by atoms with van der Waals surface area (Å²) in [7, 11) is 0. The summed E-state index contributed by atoms with van der Waals surface area (Å²) >= 11 is 0. The number of benzene rings is 1. The third-order valence-electron chi connectivity index (χ3n) is 9.74. The third kappa shape index (κ3) is 5.76. The Morgan fingerprint density at radius 1 is 0.756 bits per heavy atom. The molecule has 0 radical (unpaired) electrons. The molecule has 3 fully saturated rings. The number of carbonyl (C=O) groups is 1. The molecule has 2 aliphatic heterocycles. The Kier molecular flexibility index (Phi) is 8.37. The molecule has 6 rings (SSSR count). The molecule has 8 nitrogen and oxygen atoms in total. The van der Waals surface area contributed by atoms with Gasteiger partial charge in [-0.1, -0.05) is 63.5 Å². The summed E-state index contributed by atoms with van der Waals surface area (Å²) in [5, 5.41) is 9.27. The number of aliphatic carboxylic acids is 1. The maximum atomic E-state index is 14.2. The summed E-state index contributed by atoms with van der Waals surface area (Å²) in [5.41, 5.74) is 0.965. The summed E-state index contributed by atoms with van der Waals surface area (Å²) in [6.07, 6.45) is 18.9. The number of hydrogen-bond acceptors (Lipinski definition) is 5. The molecule has 2 aromatic heterocycles. The van der Waals surface area contributed by atoms with E-state index < -0.39 is 18.1 Å². The minimum atomic E-state index is -1.11. The molecule has 0 amide bonds. The van der Waals surface area contributed by atoms with E-state index in [1.165, 1.54) is 83.2 Å². The Morgan fingerprint density at radius 3 is 2.07 bits per heavy atom. The Morgan fingerprint density at radius 2 is 1.39 bits per heavy atom. The van der Waals surface area contributed by atoms with Crippen molar-refractivity contribution in [2.75, 3.05) is 0 Å². The van der Waals surface area contributed by atoms with E-state index in [2.05, 4.69) is 9.88 Å². The Labute approximate surface area is 241 Å². The zero-order chi connectivity index (χ0) is 28.3. The fraction of sp³-hybridized carbons (Fsp3) is 0.576. The van der Waals surface area contributed by atoms with Crippen LogP contribution < -0.4 is 11.1 Å². The maximum Gasteiger partial charge on any atom is 0.323 e. The fourth-order valence-corrected chi connectivity index (χ4v) is 7.96. The molecule has 1 aromatic carbocycles. The van der Waals surface area contributed by atoms with Crippen LogP contribution in [0, 0.1) is 0 Å². The molecule has 0 spiro atoms. The van der Waals surface area contributed by atoms with Crippen LogP contribution in [0.2, 0.25) is 0 Å². The molecule has 41 heavy (non-hydrogen) atoms. The van der Waals surface area contributed by atoms with Crippen molar-refractivity contribution in [3.8, 4) is 11.3 Å². The second-order valence-electron chi connectivity index (χ2n) is 12.4. The second-order valence-corrected chi connectivity index (χ2v) is 12.4. The third-order valence-corrected chi connectivity index (χ3v) is 9.74. The first-order valence-electron chi connectivity index (χ1n) is 15.7. The number of hydrogen-bond donors (Lipinski definition) is 1. The lowest BCUT2D eigenvalue weighted by Crippen LogP contribution is -2.57. The number of nitrogens with zero attached hydrogens (tertiary/aromatic N) is 4. The minimum Gasteiger partial charge on any atom is -0.480 e. The van der Waals surface area contributed by atoms with Crippen molar-refractivity contribution >= 4 is 17.0 Å². The number of piperidine rings is 2. The predicted octanol–water partition coefficient (Wildman–Crippen LogP) is 5.76. The second kappa shape index (κ2) is 12.3. The van der Waals surface area contributed by atoms with E-state index in [9.17, 15) is 19.5 Å². The SMILES string of the molecule is O=C(O)Cn1cccc(-c2nc3ccccc3n([C@H]3C[C@H]4CCC[C@@H](C3)N4C3CCCCCCCCC3)c2=O)c1=O. The van der Waals surface area contributed by atoms with Crippen molar-refractivity contribution in [2.45, 2.75) is 121 Å². The number of pyridine rings is 1. The average molecular weight is 559 g/mol. The Bertz CT molecular complexity index is 1490. The maximum absolute atomic E-state index is 14.2. The number of aromatic nitrogens is 3. The number of carboxylic acids is 1. The van der Waals surface area contributed by atoms with Crippen LogP contribution in [0.3, 0.4) is 0 Å². The molecule has 2 bridgehead atoms. The Balaban J connectivity index is 1.37. The molecule has 2 saturated heterocycles. The van der Waals surface area contributed by atoms with Gasteiger partial charge in [0.1, 0.15) is 12.2 Å². The van der Waals surface area contributed by atoms with Gasteiger partial charge >= 0.3 is 5.97 Å². The number of fused-ring (bicyclic) bond motifs is 3. The van der Waals surface area contributed by atoms with Gasteiger partial charge in [0.25, 0.3) is 11.1 Å². The van der Waals surface area contributed by atoms with Crippen LogP contribution in [0.4, 0.5) is 0 Å². The van der Waals surface area contributed by atoms with Crippen LogP contribution in [0.5, 0.6) is 0 Å². The van der Waals surface area contributed by atoms with Gasteiger partial charge in [-0.05, 0) is 62.8 Å². The lowest BCUT2D eigenvalue weighted by Gasteiger charge is -2.53. The van der Waals surface area contributed by atoms with Crippen LogP contribution in [0.25, 0.3) is 22.3 Å². The van der Waals surface area contributed by atoms with Crippen molar-refractivity contribution in [3.63, 3.8) is 0 Å². The average Bonchev–Trinajstić information content (AvgIpc) is 2.96. The van der Waals surface area contributed by atoms with E-state index >= 15 is 0 Å². The zero-order valence-electron chi connectivity index (χ0n) is 23.9. The van der Waals surface area contributed by atoms with Gasteiger partial charge in [-0.2, -0.15) is 0 Å². The van der Waals surface area contributed by atoms with Crippen molar-refractivity contribution in [1.82, 2.24) is 19.0 Å². The van der Waals surface area contributed by atoms with E-state index in [0.717, 1.165) is 22.9 Å². The smallest absolute Gasteiger partial charge is 0.323 e. The molecular weight excluding hydrogens is 516 g/mol. The van der Waals surface area contributed by atoms with E-state index in [0.29, 0.717) is 23.6 Å². The van der Waals surface area contributed by atoms with Gasteiger partial charge in [0.15, 0.2) is 0 Å². The highest BCUT2D eigenvalue weighted by Crippen LogP contribution is 2.42. The summed E-state index contributed by atoms with van der Waals surface area (Å²) < 4.78 is 3.04. The van der Waals surface area contributed by atoms with Crippen molar-refractivity contribution < 1.29 is 9.90 Å². The molecule has 3 aromatic rings. The first kappa shape index (κ1) is 27.9. The van der Waals surface area contributed by atoms with E-state index in [-0.39, 0.29) is 22.9 Å². The zero-order valence-corrected chi connectivity index (χ0v) is 23.9. The highest BCUT2D eigenvalue weighted by molar-refractivity contribution is 5.78. The molecule has 3 aliphatic rings. The van der Waals surface area contributed by atoms with Crippen molar-refractivity contribution in [3.05, 3.63) is 63.3 Å². The van der Waals surface area contributed by atoms with Gasteiger partial charge in [-0.15, -0.1) is 0 Å². The lowest BCUT2D eigenvalue weighted by molar-refractivity contribution is -0.137. The highest BCUT2D eigenvalue weighted by atomic mass is 16.4. The van der Waals surface area contributed by atoms with Gasteiger partial charge in [-0.25, -0.2) is 4.98 Å². The van der Waals surface area contributed by atoms with Gasteiger partial charge in [0, 0.05) is 30.4 Å². The van der Waals surface area contributed by atoms with Gasteiger partial charge in [0.05, 0.1) is 16.6 Å². The normalized spacial score (nSPS) is 24.7. The lowest BCUT2D eigenvalue weighted by atomic mass is 9.79. The molecule has 0 unspecified atom stereocenters. The Hall–Kier alpha value is -3.26. The van der Waals surface area contributed by atoms with Crippen LogP contribution in [0.15, 0.2) is 52.2 Å². The molecule has 1 aliphatic carbocycles. The molecule has 3 atom stereocenters. The summed E-state index contributed by atoms with van der Waals surface area (Å²) in [6, 6.07) is 12.5. The quantitative estimate of drug-likeness (QED) is 0.428. The minimum absolute atomic E-state index is 0.0326. The summed E-state index contributed by atoms with van der Waals surface area (Å²) in [5.74, 6) is -1.11. The largest absolute Gasteiger partial charge is 0.480 e. The fourth-order valence-electron chi connectivity index (χ4n) is 7.96. The molecule has 1 N–H and O–H groups in total. The van der Waals surface area contributed by atoms with Crippen LogP contribution in [-0.4, -0.2) is 48.2 Å². The first-order chi connectivity index (χ1) is 20.0. The topological polar surface area (TPSA) is 97.4 Å². The van der Waals surface area contributed by atoms with Crippen LogP contribution in [-0.2, 0) is 11.3 Å². The van der Waals surface area contributed by atoms with Gasteiger partial charge < -0.3 is 14.2 Å². The number of para-hydroxylation sites is 2.